The number of anilines is 1. The lowest BCUT2D eigenvalue weighted by Gasteiger charge is -2.09. The lowest BCUT2D eigenvalue weighted by atomic mass is 10.1. The third-order valence-electron chi connectivity index (χ3n) is 4.58. The van der Waals surface area contributed by atoms with Gasteiger partial charge in [0.1, 0.15) is 11.3 Å². The Balaban J connectivity index is 1.34. The van der Waals surface area contributed by atoms with Crippen LogP contribution in [0.4, 0.5) is 5.69 Å². The highest BCUT2D eigenvalue weighted by atomic mass is 32.2. The number of nitrogens with zero attached hydrogens (tertiary/aromatic N) is 2. The molecule has 0 fully saturated rings. The normalized spacial score (nSPS) is 11.1. The van der Waals surface area contributed by atoms with E-state index in [2.05, 4.69) is 21.4 Å². The number of rotatable bonds is 4. The number of amides is 1. The molecule has 0 unspecified atom stereocenters. The Morgan fingerprint density at radius 3 is 2.63 bits per heavy atom. The smallest absolute Gasteiger partial charge is 0.256 e. The van der Waals surface area contributed by atoms with E-state index >= 15 is 0 Å². The second-order valence-corrected chi connectivity index (χ2v) is 8.91. The van der Waals surface area contributed by atoms with Gasteiger partial charge in [0.25, 0.3) is 5.91 Å². The first-order chi connectivity index (χ1) is 14.7. The zero-order valence-corrected chi connectivity index (χ0v) is 17.2. The fourth-order valence-corrected chi connectivity index (χ4v) is 5.20. The Kier molecular flexibility index (Phi) is 4.82. The van der Waals surface area contributed by atoms with Gasteiger partial charge < -0.3 is 10.4 Å². The lowest BCUT2D eigenvalue weighted by Crippen LogP contribution is -2.12. The van der Waals surface area contributed by atoms with Crippen LogP contribution in [0.1, 0.15) is 10.4 Å². The average molecular weight is 430 g/mol. The van der Waals surface area contributed by atoms with Gasteiger partial charge >= 0.3 is 0 Å². The molecule has 0 spiro atoms. The van der Waals surface area contributed by atoms with Crippen LogP contribution >= 0.6 is 23.1 Å². The average Bonchev–Trinajstić information content (AvgIpc) is 3.18. The molecule has 1 amide bonds. The summed E-state index contributed by atoms with van der Waals surface area (Å²) >= 11 is 3.26. The number of hydrogen-bond acceptors (Lipinski definition) is 6. The van der Waals surface area contributed by atoms with Gasteiger partial charge in [0.15, 0.2) is 4.34 Å². The summed E-state index contributed by atoms with van der Waals surface area (Å²) in [5, 5.41) is 13.5. The van der Waals surface area contributed by atoms with Gasteiger partial charge in [-0.25, -0.2) is 4.98 Å². The monoisotopic (exact) mass is 429 g/mol. The molecule has 2 N–H and O–H groups in total. The van der Waals surface area contributed by atoms with Gasteiger partial charge in [0.2, 0.25) is 0 Å². The number of aromatic hydroxyl groups is 1. The Morgan fingerprint density at radius 1 is 0.967 bits per heavy atom. The highest BCUT2D eigenvalue weighted by Gasteiger charge is 2.13. The molecule has 7 heteroatoms. The molecule has 0 saturated heterocycles. The van der Waals surface area contributed by atoms with Crippen LogP contribution in [0, 0.1) is 0 Å². The van der Waals surface area contributed by atoms with Gasteiger partial charge in [0, 0.05) is 27.7 Å². The molecule has 30 heavy (non-hydrogen) atoms. The second-order valence-electron chi connectivity index (χ2n) is 6.56. The first-order valence-corrected chi connectivity index (χ1v) is 10.8. The summed E-state index contributed by atoms with van der Waals surface area (Å²) in [4.78, 5) is 22.6. The minimum Gasteiger partial charge on any atom is -0.506 e. The molecule has 146 valence electrons. The Hall–Kier alpha value is -3.42. The molecular weight excluding hydrogens is 414 g/mol. The van der Waals surface area contributed by atoms with Crippen LogP contribution in [-0.4, -0.2) is 21.0 Å². The number of pyridine rings is 1. The Bertz CT molecular complexity index is 1350. The molecule has 2 heterocycles. The number of fused-ring (bicyclic) bond motifs is 2. The summed E-state index contributed by atoms with van der Waals surface area (Å²) in [5.41, 5.74) is 2.57. The molecular formula is C23H15N3O2S2. The summed E-state index contributed by atoms with van der Waals surface area (Å²) in [5.74, 6) is -0.196. The van der Waals surface area contributed by atoms with E-state index < -0.39 is 0 Å². The summed E-state index contributed by atoms with van der Waals surface area (Å²) in [6.45, 7) is 0. The maximum atomic E-state index is 12.8. The number of para-hydroxylation sites is 1. The van der Waals surface area contributed by atoms with Gasteiger partial charge in [-0.2, -0.15) is 0 Å². The quantitative estimate of drug-likeness (QED) is 0.369. The van der Waals surface area contributed by atoms with E-state index in [9.17, 15) is 9.90 Å². The van der Waals surface area contributed by atoms with E-state index in [1.54, 1.807) is 47.5 Å². The highest BCUT2D eigenvalue weighted by molar-refractivity contribution is 8.01. The van der Waals surface area contributed by atoms with Crippen molar-refractivity contribution in [2.75, 3.05) is 5.32 Å². The maximum Gasteiger partial charge on any atom is 0.256 e. The first-order valence-electron chi connectivity index (χ1n) is 9.19. The maximum absolute atomic E-state index is 12.8. The second kappa shape index (κ2) is 7.78. The van der Waals surface area contributed by atoms with Gasteiger partial charge in [-0.3, -0.25) is 9.78 Å². The van der Waals surface area contributed by atoms with Crippen LogP contribution in [0.5, 0.6) is 5.75 Å². The van der Waals surface area contributed by atoms with E-state index in [0.717, 1.165) is 14.8 Å². The van der Waals surface area contributed by atoms with Gasteiger partial charge in [-0.15, -0.1) is 11.3 Å². The highest BCUT2D eigenvalue weighted by Crippen LogP contribution is 2.34. The third-order valence-corrected chi connectivity index (χ3v) is 6.69. The van der Waals surface area contributed by atoms with Crippen LogP contribution < -0.4 is 5.32 Å². The standard InChI is InChI=1S/C23H15N3O2S2/c27-19-12-11-17(16-4-3-13-24-21(16)19)22(28)25-14-7-9-15(10-8-14)29-23-26-18-5-1-2-6-20(18)30-23/h1-13,27H,(H,25,28). The molecule has 5 rings (SSSR count). The largest absolute Gasteiger partial charge is 0.506 e. The molecule has 2 aromatic heterocycles. The molecule has 0 saturated carbocycles. The van der Waals surface area contributed by atoms with E-state index in [1.807, 2.05) is 42.5 Å². The van der Waals surface area contributed by atoms with E-state index in [-0.39, 0.29) is 11.7 Å². The Labute approximate surface area is 180 Å². The predicted octanol–water partition coefficient (Wildman–Crippen LogP) is 5.95. The van der Waals surface area contributed by atoms with Crippen molar-refractivity contribution in [3.63, 3.8) is 0 Å². The lowest BCUT2D eigenvalue weighted by molar-refractivity contribution is 0.102. The first kappa shape index (κ1) is 18.6. The molecule has 0 radical (unpaired) electrons. The number of phenolic OH excluding ortho intramolecular Hbond substituents is 1. The summed E-state index contributed by atoms with van der Waals surface area (Å²) in [6.07, 6.45) is 1.59. The molecule has 5 nitrogen and oxygen atoms in total. The van der Waals surface area contributed by atoms with Crippen molar-refractivity contribution >= 4 is 55.8 Å². The van der Waals surface area contributed by atoms with Crippen LogP contribution in [0.2, 0.25) is 0 Å². The number of nitrogens with one attached hydrogen (secondary N) is 1. The van der Waals surface area contributed by atoms with Crippen molar-refractivity contribution in [3.8, 4) is 5.75 Å². The summed E-state index contributed by atoms with van der Waals surface area (Å²) in [6, 6.07) is 22.3. The van der Waals surface area contributed by atoms with Gasteiger partial charge in [0.05, 0.1) is 10.2 Å². The summed E-state index contributed by atoms with van der Waals surface area (Å²) in [7, 11) is 0. The minimum atomic E-state index is -0.250. The zero-order valence-electron chi connectivity index (χ0n) is 15.6. The minimum absolute atomic E-state index is 0.0541. The predicted molar refractivity (Wildman–Crippen MR) is 122 cm³/mol. The topological polar surface area (TPSA) is 75.1 Å². The van der Waals surface area contributed by atoms with E-state index in [1.165, 1.54) is 10.8 Å². The van der Waals surface area contributed by atoms with Crippen LogP contribution in [0.15, 0.2) is 88.2 Å². The number of hydrogen-bond donors (Lipinski definition) is 2. The number of carbonyl (C=O) groups excluding carboxylic acids is 1. The number of thiazole rings is 1. The summed E-state index contributed by atoms with van der Waals surface area (Å²) < 4.78 is 2.15. The molecule has 0 aliphatic rings. The van der Waals surface area contributed by atoms with Crippen molar-refractivity contribution < 1.29 is 9.90 Å². The number of phenols is 1. The van der Waals surface area contributed by atoms with Crippen LogP contribution in [-0.2, 0) is 0 Å². The number of benzene rings is 3. The number of aromatic nitrogens is 2. The fraction of sp³-hybridized carbons (Fsp3) is 0. The van der Waals surface area contributed by atoms with E-state index in [0.29, 0.717) is 22.2 Å². The van der Waals surface area contributed by atoms with Crippen molar-refractivity contribution in [1.82, 2.24) is 9.97 Å². The van der Waals surface area contributed by atoms with Crippen LogP contribution in [0.25, 0.3) is 21.1 Å². The third kappa shape index (κ3) is 3.60. The SMILES string of the molecule is O=C(Nc1ccc(Sc2nc3ccccc3s2)cc1)c1ccc(O)c2ncccc12. The van der Waals surface area contributed by atoms with E-state index in [4.69, 9.17) is 0 Å². The zero-order chi connectivity index (χ0) is 20.5. The fourth-order valence-electron chi connectivity index (χ4n) is 3.16. The molecule has 0 aliphatic heterocycles. The molecule has 0 bridgehead atoms. The molecule has 5 aromatic rings. The van der Waals surface area contributed by atoms with Crippen molar-refractivity contribution in [1.29, 1.82) is 0 Å². The van der Waals surface area contributed by atoms with Gasteiger partial charge in [-0.05, 0) is 54.6 Å². The van der Waals surface area contributed by atoms with Crippen LogP contribution in [0.3, 0.4) is 0 Å². The molecule has 3 aromatic carbocycles. The van der Waals surface area contributed by atoms with Gasteiger partial charge in [-0.1, -0.05) is 30.0 Å². The van der Waals surface area contributed by atoms with Crippen molar-refractivity contribution in [2.24, 2.45) is 0 Å². The molecule has 0 atom stereocenters. The van der Waals surface area contributed by atoms with Crippen molar-refractivity contribution in [2.45, 2.75) is 9.24 Å². The number of carbonyl (C=O) groups is 1. The molecule has 0 aliphatic carbocycles. The Morgan fingerprint density at radius 2 is 1.80 bits per heavy atom. The van der Waals surface area contributed by atoms with Crippen molar-refractivity contribution in [3.05, 3.63) is 84.6 Å².